The molecule has 5 heteroatoms. The molecule has 0 aliphatic carbocycles. The zero-order chi connectivity index (χ0) is 16.0. The van der Waals surface area contributed by atoms with E-state index in [-0.39, 0.29) is 0 Å². The standard InChI is InChI=1S/C18H23N5/c1-13-11-21(2)18(19-13)16-9-6-10-23(16)12-17-20-14-7-4-5-8-15(14)22(17)3/h4-5,7-8,11,16H,6,9-10,12H2,1-3H3. The summed E-state index contributed by atoms with van der Waals surface area (Å²) in [7, 11) is 4.21. The lowest BCUT2D eigenvalue weighted by Crippen LogP contribution is -2.26. The molecule has 3 heterocycles. The highest BCUT2D eigenvalue weighted by molar-refractivity contribution is 5.75. The SMILES string of the molecule is Cc1cn(C)c(C2CCCN2Cc2nc3ccccc3n2C)n1. The van der Waals surface area contributed by atoms with Crippen LogP contribution < -0.4 is 0 Å². The molecule has 1 aliphatic heterocycles. The average Bonchev–Trinajstić information content (AvgIpc) is 3.19. The van der Waals surface area contributed by atoms with Crippen molar-refractivity contribution in [2.24, 2.45) is 14.1 Å². The van der Waals surface area contributed by atoms with Crippen LogP contribution in [0.5, 0.6) is 0 Å². The number of hydrogen-bond donors (Lipinski definition) is 0. The molecule has 1 aromatic carbocycles. The van der Waals surface area contributed by atoms with Crippen molar-refractivity contribution in [3.8, 4) is 0 Å². The Balaban J connectivity index is 1.64. The summed E-state index contributed by atoms with van der Waals surface area (Å²) in [5.74, 6) is 2.31. The van der Waals surface area contributed by atoms with E-state index < -0.39 is 0 Å². The number of rotatable bonds is 3. The van der Waals surface area contributed by atoms with Crippen molar-refractivity contribution in [2.75, 3.05) is 6.54 Å². The van der Waals surface area contributed by atoms with Gasteiger partial charge in [0.2, 0.25) is 0 Å². The van der Waals surface area contributed by atoms with E-state index in [2.05, 4.69) is 65.5 Å². The number of fused-ring (bicyclic) bond motifs is 1. The summed E-state index contributed by atoms with van der Waals surface area (Å²) in [4.78, 5) is 12.1. The molecule has 3 aromatic rings. The topological polar surface area (TPSA) is 38.9 Å². The van der Waals surface area contributed by atoms with Crippen LogP contribution in [0.25, 0.3) is 11.0 Å². The highest BCUT2D eigenvalue weighted by Crippen LogP contribution is 2.32. The first kappa shape index (κ1) is 14.5. The molecule has 0 spiro atoms. The van der Waals surface area contributed by atoms with Crippen molar-refractivity contribution < 1.29 is 0 Å². The van der Waals surface area contributed by atoms with E-state index >= 15 is 0 Å². The Morgan fingerprint density at radius 2 is 2.00 bits per heavy atom. The van der Waals surface area contributed by atoms with Gasteiger partial charge in [-0.15, -0.1) is 0 Å². The lowest BCUT2D eigenvalue weighted by Gasteiger charge is -2.23. The molecule has 1 saturated heterocycles. The van der Waals surface area contributed by atoms with Crippen LogP contribution >= 0.6 is 0 Å². The maximum atomic E-state index is 4.83. The van der Waals surface area contributed by atoms with E-state index in [9.17, 15) is 0 Å². The Bertz CT molecular complexity index is 844. The van der Waals surface area contributed by atoms with Crippen LogP contribution in [0.2, 0.25) is 0 Å². The van der Waals surface area contributed by atoms with Gasteiger partial charge in [-0.3, -0.25) is 4.90 Å². The molecular weight excluding hydrogens is 286 g/mol. The van der Waals surface area contributed by atoms with Gasteiger partial charge in [-0.05, 0) is 38.4 Å². The van der Waals surface area contributed by atoms with Crippen LogP contribution in [0.4, 0.5) is 0 Å². The van der Waals surface area contributed by atoms with Gasteiger partial charge in [-0.2, -0.15) is 0 Å². The van der Waals surface area contributed by atoms with Crippen LogP contribution in [-0.2, 0) is 20.6 Å². The molecule has 23 heavy (non-hydrogen) atoms. The van der Waals surface area contributed by atoms with Gasteiger partial charge in [0.15, 0.2) is 0 Å². The number of para-hydroxylation sites is 2. The van der Waals surface area contributed by atoms with Crippen molar-refractivity contribution in [1.82, 2.24) is 24.0 Å². The number of aromatic nitrogens is 4. The first-order chi connectivity index (χ1) is 11.1. The number of aryl methyl sites for hydroxylation is 3. The second-order valence-electron chi connectivity index (χ2n) is 6.56. The number of imidazole rings is 2. The van der Waals surface area contributed by atoms with Gasteiger partial charge in [0.25, 0.3) is 0 Å². The third kappa shape index (κ3) is 2.45. The van der Waals surface area contributed by atoms with Crippen LogP contribution in [0.3, 0.4) is 0 Å². The first-order valence-corrected chi connectivity index (χ1v) is 8.28. The summed E-state index contributed by atoms with van der Waals surface area (Å²) in [6.45, 7) is 4.05. The summed E-state index contributed by atoms with van der Waals surface area (Å²) in [6, 6.07) is 8.74. The molecule has 0 saturated carbocycles. The lowest BCUT2D eigenvalue weighted by molar-refractivity contribution is 0.229. The first-order valence-electron chi connectivity index (χ1n) is 8.28. The van der Waals surface area contributed by atoms with Gasteiger partial charge in [-0.1, -0.05) is 12.1 Å². The van der Waals surface area contributed by atoms with Crippen molar-refractivity contribution >= 4 is 11.0 Å². The summed E-state index contributed by atoms with van der Waals surface area (Å²) < 4.78 is 4.39. The van der Waals surface area contributed by atoms with E-state index in [0.29, 0.717) is 6.04 Å². The predicted molar refractivity (Wildman–Crippen MR) is 91.0 cm³/mol. The van der Waals surface area contributed by atoms with Crippen molar-refractivity contribution in [3.63, 3.8) is 0 Å². The molecule has 0 radical (unpaired) electrons. The zero-order valence-electron chi connectivity index (χ0n) is 14.0. The van der Waals surface area contributed by atoms with E-state index in [1.165, 1.54) is 24.2 Å². The fourth-order valence-corrected chi connectivity index (χ4v) is 3.77. The number of likely N-dealkylation sites (tertiary alicyclic amines) is 1. The van der Waals surface area contributed by atoms with Crippen molar-refractivity contribution in [1.29, 1.82) is 0 Å². The van der Waals surface area contributed by atoms with E-state index in [0.717, 1.165) is 30.1 Å². The highest BCUT2D eigenvalue weighted by Gasteiger charge is 2.30. The van der Waals surface area contributed by atoms with Crippen LogP contribution in [-0.4, -0.2) is 30.5 Å². The van der Waals surface area contributed by atoms with Crippen LogP contribution in [0, 0.1) is 6.92 Å². The van der Waals surface area contributed by atoms with E-state index in [1.807, 2.05) is 0 Å². The maximum absolute atomic E-state index is 4.83. The van der Waals surface area contributed by atoms with Crippen LogP contribution in [0.1, 0.15) is 36.2 Å². The van der Waals surface area contributed by atoms with Crippen molar-refractivity contribution in [3.05, 3.63) is 47.8 Å². The second kappa shape index (κ2) is 5.49. The largest absolute Gasteiger partial charge is 0.336 e. The molecule has 120 valence electrons. The highest BCUT2D eigenvalue weighted by atomic mass is 15.2. The number of hydrogen-bond acceptors (Lipinski definition) is 3. The van der Waals surface area contributed by atoms with Gasteiger partial charge in [0.05, 0.1) is 29.3 Å². The Kier molecular flexibility index (Phi) is 3.45. The van der Waals surface area contributed by atoms with Gasteiger partial charge in [0, 0.05) is 20.3 Å². The molecule has 2 aromatic heterocycles. The molecule has 0 N–H and O–H groups in total. The minimum atomic E-state index is 0.397. The molecule has 1 atom stereocenters. The van der Waals surface area contributed by atoms with Crippen LogP contribution in [0.15, 0.2) is 30.5 Å². The van der Waals surface area contributed by atoms with Gasteiger partial charge in [0.1, 0.15) is 11.6 Å². The summed E-state index contributed by atoms with van der Waals surface area (Å²) in [5.41, 5.74) is 3.37. The smallest absolute Gasteiger partial charge is 0.126 e. The minimum Gasteiger partial charge on any atom is -0.336 e. The predicted octanol–water partition coefficient (Wildman–Crippen LogP) is 2.95. The van der Waals surface area contributed by atoms with Gasteiger partial charge in [-0.25, -0.2) is 9.97 Å². The Morgan fingerprint density at radius 3 is 2.74 bits per heavy atom. The molecular formula is C18H23N5. The zero-order valence-corrected chi connectivity index (χ0v) is 14.0. The van der Waals surface area contributed by atoms with Crippen molar-refractivity contribution in [2.45, 2.75) is 32.4 Å². The van der Waals surface area contributed by atoms with Gasteiger partial charge >= 0.3 is 0 Å². The Labute approximate surface area is 136 Å². The Hall–Kier alpha value is -2.14. The molecule has 1 unspecified atom stereocenters. The monoisotopic (exact) mass is 309 g/mol. The fourth-order valence-electron chi connectivity index (χ4n) is 3.77. The summed E-state index contributed by atoms with van der Waals surface area (Å²) in [5, 5.41) is 0. The minimum absolute atomic E-state index is 0.397. The van der Waals surface area contributed by atoms with E-state index in [1.54, 1.807) is 0 Å². The summed E-state index contributed by atoms with van der Waals surface area (Å²) >= 11 is 0. The third-order valence-electron chi connectivity index (χ3n) is 4.92. The van der Waals surface area contributed by atoms with E-state index in [4.69, 9.17) is 9.97 Å². The van der Waals surface area contributed by atoms with Gasteiger partial charge < -0.3 is 9.13 Å². The molecule has 1 fully saturated rings. The lowest BCUT2D eigenvalue weighted by atomic mass is 10.2. The summed E-state index contributed by atoms with van der Waals surface area (Å²) in [6.07, 6.45) is 4.51. The normalized spacial score (nSPS) is 19.0. The third-order valence-corrected chi connectivity index (χ3v) is 4.92. The molecule has 0 bridgehead atoms. The molecule has 5 nitrogen and oxygen atoms in total. The number of benzene rings is 1. The maximum Gasteiger partial charge on any atom is 0.126 e. The Morgan fingerprint density at radius 1 is 1.17 bits per heavy atom. The molecule has 0 amide bonds. The number of nitrogens with zero attached hydrogens (tertiary/aromatic N) is 5. The molecule has 1 aliphatic rings. The average molecular weight is 309 g/mol. The molecule has 4 rings (SSSR count). The quantitative estimate of drug-likeness (QED) is 0.746. The fraction of sp³-hybridized carbons (Fsp3) is 0.444. The second-order valence-corrected chi connectivity index (χ2v) is 6.56.